The Labute approximate surface area is 139 Å². The molecule has 0 bridgehead atoms. The normalized spacial score (nSPS) is 18.4. The molecule has 0 saturated heterocycles. The topological polar surface area (TPSA) is 12.4 Å². The first-order chi connectivity index (χ1) is 10.7. The van der Waals surface area contributed by atoms with Crippen LogP contribution in [0.2, 0.25) is 5.02 Å². The third kappa shape index (κ3) is 3.25. The second-order valence-corrected chi connectivity index (χ2v) is 5.76. The number of halogens is 1. The van der Waals surface area contributed by atoms with Crippen molar-refractivity contribution < 1.29 is 0 Å². The van der Waals surface area contributed by atoms with E-state index in [0.717, 1.165) is 23.4 Å². The van der Waals surface area contributed by atoms with Gasteiger partial charge in [-0.05, 0) is 48.1 Å². The van der Waals surface area contributed by atoms with E-state index in [9.17, 15) is 0 Å². The monoisotopic (exact) mass is 313 g/mol. The molecule has 0 aromatic heterocycles. The zero-order chi connectivity index (χ0) is 16.1. The fourth-order valence-corrected chi connectivity index (χ4v) is 3.22. The van der Waals surface area contributed by atoms with E-state index in [4.69, 9.17) is 11.6 Å². The fraction of sp³-hybridized carbons (Fsp3) is 0.350. The van der Waals surface area contributed by atoms with Gasteiger partial charge >= 0.3 is 0 Å². The average molecular weight is 314 g/mol. The molecule has 1 atom stereocenters. The van der Waals surface area contributed by atoms with Gasteiger partial charge in [-0.2, -0.15) is 0 Å². The van der Waals surface area contributed by atoms with Gasteiger partial charge in [0.05, 0.1) is 0 Å². The lowest BCUT2D eigenvalue weighted by molar-refractivity contribution is 0.721. The summed E-state index contributed by atoms with van der Waals surface area (Å²) in [6.45, 7) is 6.07. The highest BCUT2D eigenvalue weighted by Gasteiger charge is 2.25. The van der Waals surface area contributed by atoms with Gasteiger partial charge in [0.25, 0.3) is 0 Å². The van der Waals surface area contributed by atoms with Crippen LogP contribution in [0.3, 0.4) is 0 Å². The van der Waals surface area contributed by atoms with Crippen LogP contribution in [0.4, 0.5) is 0 Å². The molecule has 22 heavy (non-hydrogen) atoms. The van der Waals surface area contributed by atoms with Crippen molar-refractivity contribution in [1.29, 1.82) is 0 Å². The minimum Gasteiger partial charge on any atom is -0.292 e. The first kappa shape index (κ1) is 16.8. The number of benzene rings is 2. The first-order valence-electron chi connectivity index (χ1n) is 8.01. The minimum absolute atomic E-state index is 0.452. The van der Waals surface area contributed by atoms with Gasteiger partial charge in [-0.15, -0.1) is 0 Å². The molecule has 1 aliphatic rings. The number of nitrogens with zero attached hydrogens (tertiary/aromatic N) is 1. The Balaban J connectivity index is 0.000000847. The molecule has 0 radical (unpaired) electrons. The van der Waals surface area contributed by atoms with Crippen molar-refractivity contribution in [3.05, 3.63) is 69.7 Å². The van der Waals surface area contributed by atoms with E-state index in [1.807, 2.05) is 27.0 Å². The summed E-state index contributed by atoms with van der Waals surface area (Å²) in [6.07, 6.45) is 2.16. The molecule has 3 rings (SSSR count). The molecule has 0 fully saturated rings. The summed E-state index contributed by atoms with van der Waals surface area (Å²) >= 11 is 6.15. The molecular formula is C20H24ClN. The Kier molecular flexibility index (Phi) is 5.79. The third-order valence-corrected chi connectivity index (χ3v) is 4.60. The van der Waals surface area contributed by atoms with Crippen LogP contribution in [0.15, 0.2) is 47.5 Å². The zero-order valence-corrected chi connectivity index (χ0v) is 14.6. The minimum atomic E-state index is 0.452. The van der Waals surface area contributed by atoms with Crippen molar-refractivity contribution in [2.75, 3.05) is 7.05 Å². The Hall–Kier alpha value is -1.60. The lowest BCUT2D eigenvalue weighted by Crippen LogP contribution is -2.17. The van der Waals surface area contributed by atoms with Gasteiger partial charge < -0.3 is 0 Å². The maximum Gasteiger partial charge on any atom is 0.0435 e. The molecule has 0 amide bonds. The Morgan fingerprint density at radius 3 is 2.50 bits per heavy atom. The maximum atomic E-state index is 6.15. The van der Waals surface area contributed by atoms with Gasteiger partial charge in [0.15, 0.2) is 0 Å². The van der Waals surface area contributed by atoms with E-state index in [0.29, 0.717) is 5.92 Å². The van der Waals surface area contributed by atoms with E-state index in [1.165, 1.54) is 22.4 Å². The molecule has 1 aliphatic carbocycles. The lowest BCUT2D eigenvalue weighted by atomic mass is 9.78. The van der Waals surface area contributed by atoms with Crippen LogP contribution in [0.5, 0.6) is 0 Å². The Morgan fingerprint density at radius 1 is 1.09 bits per heavy atom. The number of aliphatic imine (C=N–C) groups is 1. The molecule has 2 aromatic carbocycles. The van der Waals surface area contributed by atoms with E-state index >= 15 is 0 Å². The van der Waals surface area contributed by atoms with Crippen LogP contribution in [0.1, 0.15) is 54.9 Å². The highest BCUT2D eigenvalue weighted by Crippen LogP contribution is 2.37. The summed E-state index contributed by atoms with van der Waals surface area (Å²) in [7, 11) is 1.89. The molecule has 2 aromatic rings. The SMILES string of the molecule is CC.CN=C1CCC(c2ccc(Cl)c(C)c2)c2ccccc21. The summed E-state index contributed by atoms with van der Waals surface area (Å²) in [5, 5.41) is 0.841. The largest absolute Gasteiger partial charge is 0.292 e. The van der Waals surface area contributed by atoms with Gasteiger partial charge in [0.2, 0.25) is 0 Å². The van der Waals surface area contributed by atoms with E-state index in [-0.39, 0.29) is 0 Å². The van der Waals surface area contributed by atoms with Gasteiger partial charge in [-0.1, -0.05) is 61.8 Å². The van der Waals surface area contributed by atoms with Gasteiger partial charge in [0, 0.05) is 23.7 Å². The number of aryl methyl sites for hydroxylation is 1. The highest BCUT2D eigenvalue weighted by molar-refractivity contribution is 6.31. The molecule has 0 N–H and O–H groups in total. The Bertz CT molecular complexity index is 673. The smallest absolute Gasteiger partial charge is 0.0435 e. The molecule has 1 unspecified atom stereocenters. The quantitative estimate of drug-likeness (QED) is 0.610. The van der Waals surface area contributed by atoms with Gasteiger partial charge in [0.1, 0.15) is 0 Å². The van der Waals surface area contributed by atoms with Crippen molar-refractivity contribution in [3.8, 4) is 0 Å². The van der Waals surface area contributed by atoms with Crippen LogP contribution >= 0.6 is 11.6 Å². The summed E-state index contributed by atoms with van der Waals surface area (Å²) in [6, 6.07) is 15.0. The zero-order valence-electron chi connectivity index (χ0n) is 13.9. The van der Waals surface area contributed by atoms with Crippen molar-refractivity contribution >= 4 is 17.3 Å². The molecule has 0 aliphatic heterocycles. The number of hydrogen-bond donors (Lipinski definition) is 0. The Morgan fingerprint density at radius 2 is 1.82 bits per heavy atom. The van der Waals surface area contributed by atoms with Crippen LogP contribution in [0.25, 0.3) is 0 Å². The number of rotatable bonds is 1. The predicted octanol–water partition coefficient (Wildman–Crippen LogP) is 6.02. The summed E-state index contributed by atoms with van der Waals surface area (Å²) in [5.74, 6) is 0.452. The van der Waals surface area contributed by atoms with Crippen molar-refractivity contribution in [3.63, 3.8) is 0 Å². The second-order valence-electron chi connectivity index (χ2n) is 5.36. The molecule has 2 heteroatoms. The van der Waals surface area contributed by atoms with E-state index < -0.39 is 0 Å². The molecule has 0 saturated carbocycles. The molecule has 0 heterocycles. The number of fused-ring (bicyclic) bond motifs is 1. The van der Waals surface area contributed by atoms with Gasteiger partial charge in [-0.25, -0.2) is 0 Å². The van der Waals surface area contributed by atoms with Crippen LogP contribution in [-0.4, -0.2) is 12.8 Å². The third-order valence-electron chi connectivity index (χ3n) is 4.17. The van der Waals surface area contributed by atoms with E-state index in [1.54, 1.807) is 0 Å². The van der Waals surface area contributed by atoms with E-state index in [2.05, 4.69) is 48.3 Å². The molecular weight excluding hydrogens is 290 g/mol. The molecule has 116 valence electrons. The summed E-state index contributed by atoms with van der Waals surface area (Å²) < 4.78 is 0. The highest BCUT2D eigenvalue weighted by atomic mass is 35.5. The van der Waals surface area contributed by atoms with Crippen molar-refractivity contribution in [2.45, 2.75) is 39.5 Å². The maximum absolute atomic E-state index is 6.15. The first-order valence-corrected chi connectivity index (χ1v) is 8.39. The van der Waals surface area contributed by atoms with Crippen molar-refractivity contribution in [1.82, 2.24) is 0 Å². The standard InChI is InChI=1S/C18H18ClN.C2H6/c1-12-11-13(7-9-17(12)19)14-8-10-18(20-2)16-6-4-3-5-15(14)16;1-2/h3-7,9,11,14H,8,10H2,1-2H3;1-2H3. The van der Waals surface area contributed by atoms with Crippen LogP contribution in [-0.2, 0) is 0 Å². The summed E-state index contributed by atoms with van der Waals surface area (Å²) in [4.78, 5) is 4.44. The van der Waals surface area contributed by atoms with Gasteiger partial charge in [-0.3, -0.25) is 4.99 Å². The number of hydrogen-bond acceptors (Lipinski definition) is 1. The lowest BCUT2D eigenvalue weighted by Gasteiger charge is -2.27. The molecule has 1 nitrogen and oxygen atoms in total. The second kappa shape index (κ2) is 7.60. The molecule has 0 spiro atoms. The average Bonchev–Trinajstić information content (AvgIpc) is 2.58. The summed E-state index contributed by atoms with van der Waals surface area (Å²) in [5.41, 5.74) is 6.42. The fourth-order valence-electron chi connectivity index (χ4n) is 3.10. The predicted molar refractivity (Wildman–Crippen MR) is 97.5 cm³/mol. The van der Waals surface area contributed by atoms with Crippen LogP contribution < -0.4 is 0 Å². The van der Waals surface area contributed by atoms with Crippen molar-refractivity contribution in [2.24, 2.45) is 4.99 Å². The van der Waals surface area contributed by atoms with Crippen LogP contribution in [0, 0.1) is 6.92 Å².